The van der Waals surface area contributed by atoms with Gasteiger partial charge in [-0.25, -0.2) is 4.39 Å². The van der Waals surface area contributed by atoms with E-state index < -0.39 is 11.8 Å². The Kier molecular flexibility index (Phi) is 6.59. The first-order chi connectivity index (χ1) is 19.5. The third kappa shape index (κ3) is 4.50. The summed E-state index contributed by atoms with van der Waals surface area (Å²) in [5.74, 6) is 1.19. The van der Waals surface area contributed by atoms with Gasteiger partial charge in [-0.05, 0) is 80.7 Å². The van der Waals surface area contributed by atoms with E-state index in [0.717, 1.165) is 87.3 Å². The van der Waals surface area contributed by atoms with Crippen molar-refractivity contribution in [2.24, 2.45) is 5.92 Å². The third-order valence-corrected chi connectivity index (χ3v) is 10.1. The molecule has 3 fully saturated rings. The first-order valence-electron chi connectivity index (χ1n) is 15.0. The molecular formula is C31H39FN6O2. The molecule has 212 valence electrons. The van der Waals surface area contributed by atoms with Gasteiger partial charge in [0.2, 0.25) is 0 Å². The molecule has 0 bridgehead atoms. The number of nitriles is 1. The number of nitrogens with zero attached hydrogens (tertiary/aromatic N) is 5. The fourth-order valence-electron chi connectivity index (χ4n) is 8.12. The van der Waals surface area contributed by atoms with E-state index in [0.29, 0.717) is 50.9 Å². The molecule has 0 unspecified atom stereocenters. The number of ether oxygens (including phenoxy) is 2. The normalized spacial score (nSPS) is 31.4. The lowest BCUT2D eigenvalue weighted by Gasteiger charge is -2.43. The third-order valence-electron chi connectivity index (χ3n) is 10.1. The van der Waals surface area contributed by atoms with Crippen LogP contribution in [0.5, 0.6) is 6.01 Å². The molecule has 0 radical (unpaired) electrons. The summed E-state index contributed by atoms with van der Waals surface area (Å²) >= 11 is 0. The van der Waals surface area contributed by atoms with Crippen LogP contribution in [0.25, 0.3) is 0 Å². The summed E-state index contributed by atoms with van der Waals surface area (Å²) in [7, 11) is 0. The summed E-state index contributed by atoms with van der Waals surface area (Å²) in [6.07, 6.45) is 8.01. The Labute approximate surface area is 235 Å². The Morgan fingerprint density at radius 3 is 3.00 bits per heavy atom. The largest absolute Gasteiger partial charge is 0.461 e. The smallest absolute Gasteiger partial charge is 0.318 e. The zero-order valence-corrected chi connectivity index (χ0v) is 23.2. The highest BCUT2D eigenvalue weighted by Crippen LogP contribution is 2.47. The number of rotatable bonds is 5. The fraction of sp³-hybridized carbons (Fsp3) is 0.645. The number of alkyl halides is 1. The number of piperidine rings is 1. The number of hydrogen-bond acceptors (Lipinski definition) is 8. The standard InChI is InChI=1S/C31H39FN6O2/c32-23-15-30(9-3-13-38(30)18-23)20-39-29-35-27-16-31(10-1-5-22-6-7-24(34)14-26(22)31)40-19-25(27)28(36-29)37-12-2-4-21(17-37)8-11-33/h6-7,14,21,23H,1-5,8-10,12-13,15-20,34H2/t21-,23-,30+,31+/m1/s1. The number of aromatic nitrogens is 2. The molecule has 2 aromatic rings. The van der Waals surface area contributed by atoms with Crippen LogP contribution in [0.2, 0.25) is 0 Å². The van der Waals surface area contributed by atoms with Crippen molar-refractivity contribution in [3.8, 4) is 12.1 Å². The van der Waals surface area contributed by atoms with Crippen LogP contribution in [0.1, 0.15) is 73.8 Å². The van der Waals surface area contributed by atoms with Gasteiger partial charge >= 0.3 is 6.01 Å². The van der Waals surface area contributed by atoms with Crippen LogP contribution < -0.4 is 15.4 Å². The van der Waals surface area contributed by atoms with Crippen molar-refractivity contribution in [2.75, 3.05) is 43.4 Å². The summed E-state index contributed by atoms with van der Waals surface area (Å²) < 4.78 is 27.6. The molecule has 1 aliphatic carbocycles. The molecule has 0 saturated carbocycles. The Morgan fingerprint density at radius 2 is 2.10 bits per heavy atom. The zero-order valence-electron chi connectivity index (χ0n) is 23.2. The molecule has 9 heteroatoms. The maximum Gasteiger partial charge on any atom is 0.318 e. The van der Waals surface area contributed by atoms with Crippen molar-refractivity contribution >= 4 is 11.5 Å². The number of benzene rings is 1. The topological polar surface area (TPSA) is 101 Å². The zero-order chi connectivity index (χ0) is 27.3. The summed E-state index contributed by atoms with van der Waals surface area (Å²) in [5, 5.41) is 9.34. The second-order valence-electron chi connectivity index (χ2n) is 12.7. The van der Waals surface area contributed by atoms with Crippen molar-refractivity contribution in [2.45, 2.75) is 88.1 Å². The van der Waals surface area contributed by atoms with Crippen molar-refractivity contribution in [1.29, 1.82) is 5.26 Å². The van der Waals surface area contributed by atoms with E-state index in [-0.39, 0.29) is 5.54 Å². The molecule has 2 N–H and O–H groups in total. The van der Waals surface area contributed by atoms with Crippen LogP contribution in [-0.4, -0.2) is 59.4 Å². The summed E-state index contributed by atoms with van der Waals surface area (Å²) in [5.41, 5.74) is 10.7. The molecule has 1 spiro atoms. The van der Waals surface area contributed by atoms with Crippen molar-refractivity contribution in [3.63, 3.8) is 0 Å². The van der Waals surface area contributed by atoms with Crippen LogP contribution in [0.3, 0.4) is 0 Å². The lowest BCUT2D eigenvalue weighted by Crippen LogP contribution is -2.44. The Morgan fingerprint density at radius 1 is 1.18 bits per heavy atom. The first-order valence-corrected chi connectivity index (χ1v) is 15.0. The van der Waals surface area contributed by atoms with Gasteiger partial charge in [-0.15, -0.1) is 0 Å². The predicted molar refractivity (Wildman–Crippen MR) is 150 cm³/mol. The van der Waals surface area contributed by atoms with E-state index in [4.69, 9.17) is 25.2 Å². The Balaban J connectivity index is 1.24. The van der Waals surface area contributed by atoms with E-state index in [1.54, 1.807) is 0 Å². The second-order valence-corrected chi connectivity index (χ2v) is 12.7. The van der Waals surface area contributed by atoms with E-state index in [1.807, 2.05) is 6.07 Å². The van der Waals surface area contributed by atoms with Crippen LogP contribution in [0.15, 0.2) is 18.2 Å². The van der Waals surface area contributed by atoms with Gasteiger partial charge in [-0.2, -0.15) is 15.2 Å². The van der Waals surface area contributed by atoms with E-state index in [2.05, 4.69) is 28.0 Å². The molecule has 3 saturated heterocycles. The summed E-state index contributed by atoms with van der Waals surface area (Å²) in [6, 6.07) is 8.93. The highest BCUT2D eigenvalue weighted by Gasteiger charge is 2.50. The number of fused-ring (bicyclic) bond motifs is 4. The SMILES string of the molecule is N#CC[C@H]1CCCN(c2nc(OC[C@@]34CCCN3C[C@H](F)C4)nc3c2CO[C@@]2(CCCc4ccc(N)cc42)C3)C1. The molecule has 8 nitrogen and oxygen atoms in total. The highest BCUT2D eigenvalue weighted by molar-refractivity contribution is 5.54. The molecule has 5 heterocycles. The monoisotopic (exact) mass is 546 g/mol. The van der Waals surface area contributed by atoms with Crippen LogP contribution in [-0.2, 0) is 29.8 Å². The second kappa shape index (κ2) is 10.1. The Bertz CT molecular complexity index is 1330. The molecule has 40 heavy (non-hydrogen) atoms. The average molecular weight is 547 g/mol. The maximum absolute atomic E-state index is 14.4. The first kappa shape index (κ1) is 26.0. The highest BCUT2D eigenvalue weighted by atomic mass is 19.1. The van der Waals surface area contributed by atoms with E-state index in [9.17, 15) is 9.65 Å². The lowest BCUT2D eigenvalue weighted by atomic mass is 9.74. The molecule has 4 aliphatic heterocycles. The summed E-state index contributed by atoms with van der Waals surface area (Å²) in [6.45, 7) is 3.94. The lowest BCUT2D eigenvalue weighted by molar-refractivity contribution is -0.0855. The minimum absolute atomic E-state index is 0.258. The minimum atomic E-state index is -0.801. The number of hydrogen-bond donors (Lipinski definition) is 1. The molecule has 4 atom stereocenters. The number of halogens is 1. The number of anilines is 2. The van der Waals surface area contributed by atoms with Gasteiger partial charge in [0.1, 0.15) is 18.6 Å². The van der Waals surface area contributed by atoms with Crippen molar-refractivity contribution in [3.05, 3.63) is 40.6 Å². The van der Waals surface area contributed by atoms with Gasteiger partial charge in [0.15, 0.2) is 0 Å². The predicted octanol–water partition coefficient (Wildman–Crippen LogP) is 4.45. The maximum atomic E-state index is 14.4. The number of aryl methyl sites for hydroxylation is 1. The van der Waals surface area contributed by atoms with Gasteiger partial charge in [0, 0.05) is 50.1 Å². The molecule has 1 aromatic carbocycles. The summed E-state index contributed by atoms with van der Waals surface area (Å²) in [4.78, 5) is 14.6. The molecular weight excluding hydrogens is 507 g/mol. The number of nitrogen functional groups attached to an aromatic ring is 1. The minimum Gasteiger partial charge on any atom is -0.461 e. The molecule has 1 aromatic heterocycles. The quantitative estimate of drug-likeness (QED) is 0.549. The van der Waals surface area contributed by atoms with E-state index >= 15 is 0 Å². The van der Waals surface area contributed by atoms with Gasteiger partial charge in [-0.1, -0.05) is 6.07 Å². The van der Waals surface area contributed by atoms with E-state index in [1.165, 1.54) is 11.1 Å². The van der Waals surface area contributed by atoms with Gasteiger partial charge in [0.05, 0.1) is 29.5 Å². The van der Waals surface area contributed by atoms with Crippen molar-refractivity contribution in [1.82, 2.24) is 14.9 Å². The van der Waals surface area contributed by atoms with Gasteiger partial charge < -0.3 is 20.1 Å². The average Bonchev–Trinajstić information content (AvgIpc) is 3.48. The fourth-order valence-corrected chi connectivity index (χ4v) is 8.12. The number of nitrogens with two attached hydrogens (primary N) is 1. The Hall–Kier alpha value is -2.96. The van der Waals surface area contributed by atoms with Crippen molar-refractivity contribution < 1.29 is 13.9 Å². The molecule has 5 aliphatic rings. The molecule has 7 rings (SSSR count). The van der Waals surface area contributed by atoms with Crippen LogP contribution in [0, 0.1) is 17.2 Å². The molecule has 0 amide bonds. The van der Waals surface area contributed by atoms with Gasteiger partial charge in [-0.3, -0.25) is 4.90 Å². The van der Waals surface area contributed by atoms with Crippen LogP contribution in [0.4, 0.5) is 15.9 Å². The van der Waals surface area contributed by atoms with Gasteiger partial charge in [0.25, 0.3) is 0 Å². The van der Waals surface area contributed by atoms with Crippen LogP contribution >= 0.6 is 0 Å².